The van der Waals surface area contributed by atoms with Crippen LogP contribution in [0.15, 0.2) is 77.8 Å². The number of nitrogens with zero attached hydrogens (tertiary/aromatic N) is 2. The van der Waals surface area contributed by atoms with Gasteiger partial charge in [-0.15, -0.1) is 0 Å². The van der Waals surface area contributed by atoms with E-state index >= 15 is 0 Å². The van der Waals surface area contributed by atoms with Crippen LogP contribution in [0.1, 0.15) is 170 Å². The molecule has 0 saturated carbocycles. The van der Waals surface area contributed by atoms with Crippen molar-refractivity contribution in [1.29, 1.82) is 0 Å². The summed E-state index contributed by atoms with van der Waals surface area (Å²) in [5, 5.41) is 28.8. The number of aldehydes is 1. The Hall–Kier alpha value is -6.45. The van der Waals surface area contributed by atoms with Gasteiger partial charge in [0.25, 0.3) is 0 Å². The topological polar surface area (TPSA) is 214 Å². The highest BCUT2D eigenvalue weighted by Gasteiger charge is 2.31. The second-order valence-electron chi connectivity index (χ2n) is 18.1. The third kappa shape index (κ3) is 25.4. The average molecular weight is 1060 g/mol. The molecule has 0 aliphatic carbocycles. The van der Waals surface area contributed by atoms with Crippen LogP contribution < -0.4 is 26.4 Å². The smallest absolute Gasteiger partial charge is 0.407 e. The Morgan fingerprint density at radius 1 is 0.855 bits per heavy atom. The van der Waals surface area contributed by atoms with Crippen molar-refractivity contribution in [1.82, 2.24) is 15.5 Å². The van der Waals surface area contributed by atoms with Crippen LogP contribution >= 0.6 is 0 Å². The van der Waals surface area contributed by atoms with Gasteiger partial charge in [-0.25, -0.2) is 9.59 Å². The molecule has 0 unspecified atom stereocenters. The number of methoxy groups -OCH3 is 2. The second-order valence-corrected chi connectivity index (χ2v) is 18.1. The average Bonchev–Trinajstić information content (AvgIpc) is 3.42. The van der Waals surface area contributed by atoms with E-state index < -0.39 is 23.8 Å². The number of benzene rings is 4. The Kier molecular flexibility index (Phi) is 39.4. The number of nitrogens with one attached hydrogen (secondary N) is 3. The Balaban J connectivity index is 0. The molecular weight excluding hydrogens is 961 g/mol. The van der Waals surface area contributed by atoms with Gasteiger partial charge in [-0.2, -0.15) is 0 Å². The number of alkyl carbamates (subject to hydrolysis) is 2. The van der Waals surface area contributed by atoms with E-state index in [4.69, 9.17) is 25.3 Å². The second kappa shape index (κ2) is 41.8. The first-order valence-electron chi connectivity index (χ1n) is 27.1. The van der Waals surface area contributed by atoms with Crippen LogP contribution in [0.5, 0.6) is 11.5 Å². The van der Waals surface area contributed by atoms with Gasteiger partial charge in [0.15, 0.2) is 11.5 Å². The summed E-state index contributed by atoms with van der Waals surface area (Å²) in [7, 11) is 3.51. The summed E-state index contributed by atoms with van der Waals surface area (Å²) in [5.41, 5.74) is 13.7. The first-order chi connectivity index (χ1) is 36.4. The fraction of sp³-hybridized carbons (Fsp3) is 0.525. The highest BCUT2D eigenvalue weighted by atomic mass is 16.5. The molecule has 0 aromatic heterocycles. The van der Waals surface area contributed by atoms with E-state index in [-0.39, 0.29) is 31.3 Å². The van der Waals surface area contributed by atoms with E-state index in [1.54, 1.807) is 17.0 Å². The molecule has 7 N–H and O–H groups in total. The molecule has 15 heteroatoms. The molecule has 15 nitrogen and oxygen atoms in total. The number of rotatable bonds is 18. The zero-order valence-electron chi connectivity index (χ0n) is 49.5. The summed E-state index contributed by atoms with van der Waals surface area (Å²) < 4.78 is 15.3. The summed E-state index contributed by atoms with van der Waals surface area (Å²) in [5.74, 6) is 0.334. The number of hydrogen-bond acceptors (Lipinski definition) is 12. The van der Waals surface area contributed by atoms with Crippen molar-refractivity contribution in [3.05, 3.63) is 95.1 Å². The number of aliphatic hydroxyl groups excluding tert-OH is 1. The number of aliphatic imine (C=N–C) groups is 1. The van der Waals surface area contributed by atoms with Gasteiger partial charge in [0, 0.05) is 48.3 Å². The number of nitrogens with two attached hydrogens (primary N) is 1. The molecule has 0 radical (unpaired) electrons. The largest absolute Gasteiger partial charge is 0.504 e. The van der Waals surface area contributed by atoms with E-state index in [1.807, 2.05) is 71.9 Å². The van der Waals surface area contributed by atoms with Crippen molar-refractivity contribution in [3.8, 4) is 22.6 Å². The number of hydrogen-bond donors (Lipinski definition) is 6. The molecule has 3 amide bonds. The van der Waals surface area contributed by atoms with Crippen molar-refractivity contribution in [2.24, 2.45) is 10.7 Å². The van der Waals surface area contributed by atoms with Crippen LogP contribution in [0.3, 0.4) is 0 Å². The third-order valence-electron chi connectivity index (χ3n) is 10.4. The van der Waals surface area contributed by atoms with Crippen molar-refractivity contribution >= 4 is 52.2 Å². The first-order valence-corrected chi connectivity index (χ1v) is 27.1. The predicted octanol–water partition coefficient (Wildman–Crippen LogP) is 13.7. The number of carbonyl (C=O) groups is 4. The molecule has 4 aromatic rings. The highest BCUT2D eigenvalue weighted by molar-refractivity contribution is 6.05. The lowest BCUT2D eigenvalue weighted by Gasteiger charge is -2.33. The summed E-state index contributed by atoms with van der Waals surface area (Å²) in [6.07, 6.45) is 10.2. The minimum atomic E-state index is -0.974. The molecule has 0 spiro atoms. The number of unbranched alkanes of at least 4 members (excludes halogenated alkanes) is 3. The number of allylic oxidation sites excluding steroid dienone is 1. The van der Waals surface area contributed by atoms with Gasteiger partial charge in [-0.3, -0.25) is 9.79 Å². The molecule has 426 valence electrons. The SMILES string of the molecule is C/C=C(\N=C(CC)CN(CC(C)(C)N)C(=O)[C@H](NC(=O)OC)c1ccccc1)c1ccc2c(c1)COc1c-2cc2ccc(C)c(NCCCCCC)c2c1O.CC.CCC.CCC.CCC.CO.COC(=O)NCC=O. The Morgan fingerprint density at radius 3 is 1.99 bits per heavy atom. The monoisotopic (exact) mass is 1060 g/mol. The van der Waals surface area contributed by atoms with Gasteiger partial charge in [0.1, 0.15) is 18.9 Å². The van der Waals surface area contributed by atoms with E-state index in [1.165, 1.54) is 52.7 Å². The van der Waals surface area contributed by atoms with Crippen LogP contribution in [-0.2, 0) is 25.7 Å². The zero-order chi connectivity index (χ0) is 58.2. The number of fused-ring (bicyclic) bond motifs is 4. The molecule has 0 saturated heterocycles. The standard InChI is InChI=1S/C45H57N5O5.C4H7NO3.3C3H8.C2H6.CH4O/c1-8-11-12-16-23-47-39-29(4)19-20-32-25-36-35-22-21-31(24-33(35)27-55-42(36)41(51)38(32)39)37(10-3)48-34(9-2)26-50(28-45(5,6)46)43(52)40(49-44(53)54-7)30-17-14-13-15-18-30;1-8-4(7)5-2-3-6;3*1-3-2;2*1-2/h10,13-15,17-22,24-25,40,47,51H,8-9,11-12,16,23,26-28,46H2,1-7H3,(H,49,53);3H,2H2,1H3,(H,5,7);3*3H2,1-2H3;1-2H3;2H,1H3/b37-10-,48-34?;;;;;;/t40-;;;;;;/m1....../s1. The van der Waals surface area contributed by atoms with Gasteiger partial charge in [0.05, 0.1) is 38.4 Å². The number of carbonyl (C=O) groups excluding carboxylic acids is 4. The molecule has 0 fully saturated rings. The maximum Gasteiger partial charge on any atom is 0.407 e. The van der Waals surface area contributed by atoms with Gasteiger partial charge in [-0.05, 0) is 80.3 Å². The fourth-order valence-electron chi connectivity index (χ4n) is 7.29. The van der Waals surface area contributed by atoms with Crippen molar-refractivity contribution in [3.63, 3.8) is 0 Å². The van der Waals surface area contributed by atoms with Crippen molar-refractivity contribution < 1.29 is 43.6 Å². The van der Waals surface area contributed by atoms with Crippen molar-refractivity contribution in [2.45, 2.75) is 166 Å². The lowest BCUT2D eigenvalue weighted by molar-refractivity contribution is -0.133. The van der Waals surface area contributed by atoms with Crippen LogP contribution in [0.4, 0.5) is 15.3 Å². The van der Waals surface area contributed by atoms with Gasteiger partial charge in [-0.1, -0.05) is 168 Å². The van der Waals surface area contributed by atoms with Crippen LogP contribution in [0.2, 0.25) is 0 Å². The number of aromatic hydroxyl groups is 1. The maximum atomic E-state index is 14.2. The summed E-state index contributed by atoms with van der Waals surface area (Å²) in [6, 6.07) is 20.6. The Morgan fingerprint density at radius 2 is 1.46 bits per heavy atom. The van der Waals surface area contributed by atoms with E-state index in [0.717, 1.165) is 75.8 Å². The number of ether oxygens (including phenoxy) is 3. The van der Waals surface area contributed by atoms with E-state index in [2.05, 4.69) is 106 Å². The Bertz CT molecular complexity index is 2320. The van der Waals surface area contributed by atoms with Gasteiger partial charge in [0.2, 0.25) is 5.91 Å². The number of phenols is 1. The zero-order valence-corrected chi connectivity index (χ0v) is 49.5. The number of anilines is 1. The molecule has 5 rings (SSSR count). The number of amides is 3. The normalized spacial score (nSPS) is 11.4. The molecule has 76 heavy (non-hydrogen) atoms. The minimum Gasteiger partial charge on any atom is -0.504 e. The molecule has 1 atom stereocenters. The van der Waals surface area contributed by atoms with E-state index in [0.29, 0.717) is 30.6 Å². The number of phenolic OH excluding ortho intramolecular Hbond substituents is 1. The molecule has 1 aliphatic rings. The molecule has 1 heterocycles. The molecular formula is C61H98N6O9. The lowest BCUT2D eigenvalue weighted by Crippen LogP contribution is -2.52. The molecule has 1 aliphatic heterocycles. The van der Waals surface area contributed by atoms with Crippen molar-refractivity contribution in [2.75, 3.05) is 52.8 Å². The summed E-state index contributed by atoms with van der Waals surface area (Å²) in [6.45, 7) is 30.3. The maximum absolute atomic E-state index is 14.2. The highest BCUT2D eigenvalue weighted by Crippen LogP contribution is 2.50. The fourth-order valence-corrected chi connectivity index (χ4v) is 7.29. The molecule has 4 aromatic carbocycles. The van der Waals surface area contributed by atoms with Crippen LogP contribution in [-0.4, -0.2) is 98.3 Å². The first kappa shape index (κ1) is 71.6. The van der Waals surface area contributed by atoms with Crippen LogP contribution in [0, 0.1) is 6.92 Å². The number of aryl methyl sites for hydroxylation is 1. The van der Waals surface area contributed by atoms with Gasteiger partial charge < -0.3 is 55.8 Å². The third-order valence-corrected chi connectivity index (χ3v) is 10.4. The number of aliphatic hydroxyl groups is 1. The predicted molar refractivity (Wildman–Crippen MR) is 318 cm³/mol. The minimum absolute atomic E-state index is 0.00662. The summed E-state index contributed by atoms with van der Waals surface area (Å²) >= 11 is 0. The van der Waals surface area contributed by atoms with E-state index in [9.17, 15) is 24.3 Å². The summed E-state index contributed by atoms with van der Waals surface area (Å²) in [4.78, 5) is 53.0. The molecule has 0 bridgehead atoms. The lowest BCUT2D eigenvalue weighted by atomic mass is 9.91. The van der Waals surface area contributed by atoms with Crippen LogP contribution in [0.25, 0.3) is 27.6 Å². The Labute approximate surface area is 457 Å². The van der Waals surface area contributed by atoms with Gasteiger partial charge >= 0.3 is 12.2 Å². The quantitative estimate of drug-likeness (QED) is 0.0313.